The van der Waals surface area contributed by atoms with Crippen molar-refractivity contribution in [1.29, 1.82) is 0 Å². The smallest absolute Gasteiger partial charge is 0.253 e. The fourth-order valence-corrected chi connectivity index (χ4v) is 2.80. The highest BCUT2D eigenvalue weighted by atomic mass is 19.1. The number of carbonyl (C=O) groups is 1. The van der Waals surface area contributed by atoms with Gasteiger partial charge in [-0.15, -0.1) is 0 Å². The maximum Gasteiger partial charge on any atom is 0.253 e. The SMILES string of the molecule is CCN1CCN(c2ccc(C(=O)N(C)CCNC)cc2F)CC1. The second-order valence-corrected chi connectivity index (χ2v) is 5.92. The average Bonchev–Trinajstić information content (AvgIpc) is 2.59. The van der Waals surface area contributed by atoms with Crippen LogP contribution in [-0.4, -0.2) is 75.6 Å². The van der Waals surface area contributed by atoms with Crippen molar-refractivity contribution >= 4 is 11.6 Å². The van der Waals surface area contributed by atoms with Crippen molar-refractivity contribution < 1.29 is 9.18 Å². The van der Waals surface area contributed by atoms with Crippen LogP contribution in [0.4, 0.5) is 10.1 Å². The Balaban J connectivity index is 2.04. The lowest BCUT2D eigenvalue weighted by Crippen LogP contribution is -2.46. The van der Waals surface area contributed by atoms with Gasteiger partial charge < -0.3 is 20.0 Å². The zero-order chi connectivity index (χ0) is 16.8. The zero-order valence-corrected chi connectivity index (χ0v) is 14.3. The van der Waals surface area contributed by atoms with Gasteiger partial charge in [0.15, 0.2) is 0 Å². The van der Waals surface area contributed by atoms with Crippen LogP contribution in [0.2, 0.25) is 0 Å². The molecule has 0 aromatic heterocycles. The van der Waals surface area contributed by atoms with Crippen LogP contribution in [0.1, 0.15) is 17.3 Å². The normalized spacial score (nSPS) is 15.7. The molecule has 1 fully saturated rings. The first-order chi connectivity index (χ1) is 11.1. The Morgan fingerprint density at radius 3 is 2.57 bits per heavy atom. The Bertz CT molecular complexity index is 529. The summed E-state index contributed by atoms with van der Waals surface area (Å²) in [5, 5.41) is 3.00. The Labute approximate surface area is 138 Å². The number of nitrogens with one attached hydrogen (secondary N) is 1. The third kappa shape index (κ3) is 4.42. The van der Waals surface area contributed by atoms with Crippen molar-refractivity contribution in [2.24, 2.45) is 0 Å². The molecule has 0 spiro atoms. The highest BCUT2D eigenvalue weighted by Gasteiger charge is 2.20. The number of hydrogen-bond donors (Lipinski definition) is 1. The van der Waals surface area contributed by atoms with Crippen molar-refractivity contribution in [3.8, 4) is 0 Å². The molecule has 0 aliphatic carbocycles. The number of amides is 1. The van der Waals surface area contributed by atoms with Gasteiger partial charge in [0.1, 0.15) is 5.82 Å². The Hall–Kier alpha value is -1.66. The summed E-state index contributed by atoms with van der Waals surface area (Å²) < 4.78 is 14.5. The molecule has 23 heavy (non-hydrogen) atoms. The molecule has 0 atom stereocenters. The van der Waals surface area contributed by atoms with Crippen LogP contribution < -0.4 is 10.2 Å². The molecule has 0 bridgehead atoms. The lowest BCUT2D eigenvalue weighted by molar-refractivity contribution is 0.0796. The van der Waals surface area contributed by atoms with E-state index in [4.69, 9.17) is 0 Å². The molecule has 1 amide bonds. The molecule has 1 aromatic carbocycles. The number of likely N-dealkylation sites (N-methyl/N-ethyl adjacent to an activating group) is 3. The quantitative estimate of drug-likeness (QED) is 0.856. The van der Waals surface area contributed by atoms with E-state index in [1.54, 1.807) is 24.1 Å². The predicted molar refractivity (Wildman–Crippen MR) is 91.6 cm³/mol. The van der Waals surface area contributed by atoms with Crippen LogP contribution in [0.3, 0.4) is 0 Å². The van der Waals surface area contributed by atoms with E-state index in [0.717, 1.165) is 32.7 Å². The first-order valence-electron chi connectivity index (χ1n) is 8.23. The number of piperazine rings is 1. The molecule has 0 radical (unpaired) electrons. The maximum atomic E-state index is 14.5. The molecular weight excluding hydrogens is 295 g/mol. The first-order valence-corrected chi connectivity index (χ1v) is 8.23. The molecule has 1 aromatic rings. The number of halogens is 1. The summed E-state index contributed by atoms with van der Waals surface area (Å²) in [5.74, 6) is -0.468. The van der Waals surface area contributed by atoms with Gasteiger partial charge in [-0.05, 0) is 31.8 Å². The first kappa shape index (κ1) is 17.7. The summed E-state index contributed by atoms with van der Waals surface area (Å²) in [6.45, 7) is 8.01. The van der Waals surface area contributed by atoms with Crippen LogP contribution in [0.5, 0.6) is 0 Å². The van der Waals surface area contributed by atoms with Crippen LogP contribution >= 0.6 is 0 Å². The number of hydrogen-bond acceptors (Lipinski definition) is 4. The van der Waals surface area contributed by atoms with Gasteiger partial charge in [-0.25, -0.2) is 4.39 Å². The van der Waals surface area contributed by atoms with Crippen molar-refractivity contribution in [2.75, 3.05) is 64.8 Å². The predicted octanol–water partition coefficient (Wildman–Crippen LogP) is 1.26. The van der Waals surface area contributed by atoms with Crippen molar-refractivity contribution in [3.63, 3.8) is 0 Å². The van der Waals surface area contributed by atoms with E-state index < -0.39 is 0 Å². The Kier molecular flexibility index (Phi) is 6.36. The molecule has 6 heteroatoms. The van der Waals surface area contributed by atoms with Crippen LogP contribution in [0, 0.1) is 5.82 Å². The van der Waals surface area contributed by atoms with Gasteiger partial charge in [-0.1, -0.05) is 6.92 Å². The van der Waals surface area contributed by atoms with Crippen LogP contribution in [-0.2, 0) is 0 Å². The van der Waals surface area contributed by atoms with E-state index in [0.29, 0.717) is 24.3 Å². The average molecular weight is 322 g/mol. The fraction of sp³-hybridized carbons (Fsp3) is 0.588. The molecule has 0 saturated carbocycles. The molecule has 1 heterocycles. The van der Waals surface area contributed by atoms with Crippen molar-refractivity contribution in [2.45, 2.75) is 6.92 Å². The standard InChI is InChI=1S/C17H27FN4O/c1-4-21-9-11-22(12-10-21)16-6-5-14(13-15(16)18)17(23)20(3)8-7-19-2/h5-6,13,19H,4,7-12H2,1-3H3. The van der Waals surface area contributed by atoms with Crippen LogP contribution in [0.25, 0.3) is 0 Å². The minimum Gasteiger partial charge on any atom is -0.367 e. The molecule has 0 unspecified atom stereocenters. The van der Waals surface area contributed by atoms with Crippen LogP contribution in [0.15, 0.2) is 18.2 Å². The highest BCUT2D eigenvalue weighted by molar-refractivity contribution is 5.94. The Morgan fingerprint density at radius 2 is 2.00 bits per heavy atom. The van der Waals surface area contributed by atoms with Crippen molar-refractivity contribution in [1.82, 2.24) is 15.1 Å². The molecule has 1 aliphatic heterocycles. The second kappa shape index (κ2) is 8.26. The molecule has 1 aliphatic rings. The molecular formula is C17H27FN4O. The molecule has 1 saturated heterocycles. The molecule has 1 N–H and O–H groups in total. The van der Waals surface area contributed by atoms with Crippen molar-refractivity contribution in [3.05, 3.63) is 29.6 Å². The van der Waals surface area contributed by atoms with E-state index in [9.17, 15) is 9.18 Å². The van der Waals surface area contributed by atoms with E-state index in [2.05, 4.69) is 22.0 Å². The summed E-state index contributed by atoms with van der Waals surface area (Å²) in [6.07, 6.45) is 0. The third-order valence-corrected chi connectivity index (χ3v) is 4.40. The monoisotopic (exact) mass is 322 g/mol. The lowest BCUT2D eigenvalue weighted by atomic mass is 10.1. The minimum absolute atomic E-state index is 0.151. The lowest BCUT2D eigenvalue weighted by Gasteiger charge is -2.35. The summed E-state index contributed by atoms with van der Waals surface area (Å²) in [7, 11) is 3.57. The highest BCUT2D eigenvalue weighted by Crippen LogP contribution is 2.22. The number of rotatable bonds is 6. The zero-order valence-electron chi connectivity index (χ0n) is 14.3. The summed E-state index contributed by atoms with van der Waals surface area (Å²) in [4.78, 5) is 18.3. The van der Waals surface area contributed by atoms with Gasteiger partial charge >= 0.3 is 0 Å². The Morgan fingerprint density at radius 1 is 1.30 bits per heavy atom. The largest absolute Gasteiger partial charge is 0.367 e. The van der Waals surface area contributed by atoms with Gasteiger partial charge in [0.2, 0.25) is 0 Å². The van der Waals surface area contributed by atoms with Gasteiger partial charge in [0, 0.05) is 51.9 Å². The van der Waals surface area contributed by atoms with Gasteiger partial charge in [-0.2, -0.15) is 0 Å². The fourth-order valence-electron chi connectivity index (χ4n) is 2.80. The van der Waals surface area contributed by atoms with Gasteiger partial charge in [0.05, 0.1) is 5.69 Å². The molecule has 2 rings (SSSR count). The molecule has 128 valence electrons. The summed E-state index contributed by atoms with van der Waals surface area (Å²) in [6, 6.07) is 4.82. The van der Waals surface area contributed by atoms with E-state index in [-0.39, 0.29) is 11.7 Å². The number of nitrogens with zero attached hydrogens (tertiary/aromatic N) is 3. The van der Waals surface area contributed by atoms with E-state index >= 15 is 0 Å². The van der Waals surface area contributed by atoms with Gasteiger partial charge in [-0.3, -0.25) is 4.79 Å². The van der Waals surface area contributed by atoms with E-state index in [1.807, 2.05) is 7.05 Å². The number of benzene rings is 1. The second-order valence-electron chi connectivity index (χ2n) is 5.92. The third-order valence-electron chi connectivity index (χ3n) is 4.40. The molecule has 5 nitrogen and oxygen atoms in total. The topological polar surface area (TPSA) is 38.8 Å². The van der Waals surface area contributed by atoms with E-state index in [1.165, 1.54) is 6.07 Å². The number of anilines is 1. The van der Waals surface area contributed by atoms with Gasteiger partial charge in [0.25, 0.3) is 5.91 Å². The summed E-state index contributed by atoms with van der Waals surface area (Å²) >= 11 is 0. The minimum atomic E-state index is -0.317. The maximum absolute atomic E-state index is 14.5. The summed E-state index contributed by atoms with van der Waals surface area (Å²) in [5.41, 5.74) is 0.993. The number of carbonyl (C=O) groups excluding carboxylic acids is 1.